The number of anilines is 1. The lowest BCUT2D eigenvalue weighted by Gasteiger charge is -2.23. The normalized spacial score (nSPS) is 12.6. The second-order valence-corrected chi connectivity index (χ2v) is 6.01. The molecule has 1 aromatic rings. The van der Waals surface area contributed by atoms with Crippen LogP contribution in [0.5, 0.6) is 0 Å². The fourth-order valence-electron chi connectivity index (χ4n) is 1.95. The molecule has 0 bridgehead atoms. The monoisotopic (exact) mass is 292 g/mol. The summed E-state index contributed by atoms with van der Waals surface area (Å²) < 4.78 is 0. The molecular weight excluding hydrogens is 268 g/mol. The lowest BCUT2D eigenvalue weighted by atomic mass is 9.86. The Hall–Kier alpha value is -1.88. The third-order valence-electron chi connectivity index (χ3n) is 3.24. The van der Waals surface area contributed by atoms with Gasteiger partial charge >= 0.3 is 11.8 Å². The minimum Gasteiger partial charge on any atom is -0.394 e. The van der Waals surface area contributed by atoms with Gasteiger partial charge in [-0.2, -0.15) is 0 Å². The van der Waals surface area contributed by atoms with Gasteiger partial charge in [-0.15, -0.1) is 0 Å². The highest BCUT2D eigenvalue weighted by molar-refractivity contribution is 6.39. The quantitative estimate of drug-likeness (QED) is 0.741. The number of hydrogen-bond donors (Lipinski definition) is 3. The molecule has 0 radical (unpaired) electrons. The molecule has 0 fully saturated rings. The van der Waals surface area contributed by atoms with Gasteiger partial charge in [-0.3, -0.25) is 9.59 Å². The highest BCUT2D eigenvalue weighted by Crippen LogP contribution is 2.29. The predicted molar refractivity (Wildman–Crippen MR) is 83.1 cm³/mol. The molecule has 5 heteroatoms. The van der Waals surface area contributed by atoms with Gasteiger partial charge in [0.05, 0.1) is 12.6 Å². The summed E-state index contributed by atoms with van der Waals surface area (Å²) in [6.07, 6.45) is 0.564. The van der Waals surface area contributed by atoms with E-state index in [0.29, 0.717) is 12.1 Å². The Balaban J connectivity index is 2.82. The molecule has 1 atom stereocenters. The summed E-state index contributed by atoms with van der Waals surface area (Å²) in [7, 11) is 0. The maximum absolute atomic E-state index is 12.0. The summed E-state index contributed by atoms with van der Waals surface area (Å²) in [5.74, 6) is -1.46. The van der Waals surface area contributed by atoms with Crippen LogP contribution in [-0.4, -0.2) is 29.6 Å². The molecule has 0 heterocycles. The van der Waals surface area contributed by atoms with Gasteiger partial charge in [-0.1, -0.05) is 45.9 Å². The van der Waals surface area contributed by atoms with Crippen LogP contribution in [-0.2, 0) is 15.0 Å². The second-order valence-electron chi connectivity index (χ2n) is 6.01. The summed E-state index contributed by atoms with van der Waals surface area (Å²) in [5.41, 5.74) is 1.44. The van der Waals surface area contributed by atoms with E-state index >= 15 is 0 Å². The minimum absolute atomic E-state index is 0.141. The first-order chi connectivity index (χ1) is 9.79. The van der Waals surface area contributed by atoms with Crippen molar-refractivity contribution in [1.29, 1.82) is 0 Å². The Morgan fingerprint density at radius 1 is 1.19 bits per heavy atom. The van der Waals surface area contributed by atoms with Crippen LogP contribution in [0.3, 0.4) is 0 Å². The van der Waals surface area contributed by atoms with Crippen molar-refractivity contribution < 1.29 is 14.7 Å². The first kappa shape index (κ1) is 17.2. The van der Waals surface area contributed by atoms with E-state index in [1.807, 2.05) is 45.9 Å². The molecule has 1 rings (SSSR count). The van der Waals surface area contributed by atoms with Crippen molar-refractivity contribution in [3.8, 4) is 0 Å². The average Bonchev–Trinajstić information content (AvgIpc) is 2.43. The fraction of sp³-hybridized carbons (Fsp3) is 0.500. The van der Waals surface area contributed by atoms with Gasteiger partial charge in [-0.25, -0.2) is 0 Å². The number of nitrogens with one attached hydrogen (secondary N) is 2. The van der Waals surface area contributed by atoms with Crippen molar-refractivity contribution in [3.63, 3.8) is 0 Å². The van der Waals surface area contributed by atoms with Gasteiger partial charge < -0.3 is 15.7 Å². The molecule has 5 nitrogen and oxygen atoms in total. The first-order valence-corrected chi connectivity index (χ1v) is 7.11. The number of hydrogen-bond acceptors (Lipinski definition) is 3. The number of carbonyl (C=O) groups is 2. The average molecular weight is 292 g/mol. The van der Waals surface area contributed by atoms with Crippen molar-refractivity contribution >= 4 is 17.5 Å². The summed E-state index contributed by atoms with van der Waals surface area (Å²) in [6.45, 7) is 7.76. The molecule has 3 N–H and O–H groups in total. The van der Waals surface area contributed by atoms with Crippen molar-refractivity contribution in [1.82, 2.24) is 5.32 Å². The Bertz CT molecular complexity index is 502. The Morgan fingerprint density at radius 3 is 2.33 bits per heavy atom. The zero-order valence-electron chi connectivity index (χ0n) is 13.1. The van der Waals surface area contributed by atoms with E-state index in [1.165, 1.54) is 0 Å². The van der Waals surface area contributed by atoms with E-state index < -0.39 is 17.9 Å². The second kappa shape index (κ2) is 7.22. The molecule has 0 aromatic heterocycles. The topological polar surface area (TPSA) is 78.4 Å². The van der Waals surface area contributed by atoms with Gasteiger partial charge in [0.1, 0.15) is 0 Å². The van der Waals surface area contributed by atoms with Crippen LogP contribution in [0.25, 0.3) is 0 Å². The summed E-state index contributed by atoms with van der Waals surface area (Å²) >= 11 is 0. The van der Waals surface area contributed by atoms with Gasteiger partial charge in [-0.05, 0) is 23.5 Å². The number of carbonyl (C=O) groups excluding carboxylic acids is 2. The Kier molecular flexibility index (Phi) is 5.90. The standard InChI is InChI=1S/C16H24N2O3/c1-5-11(10-19)17-14(20)15(21)18-13-9-7-6-8-12(13)16(2,3)4/h6-9,11,19H,5,10H2,1-4H3,(H,17,20)(H,18,21)/t11-/m0/s1. The molecule has 0 aliphatic carbocycles. The maximum Gasteiger partial charge on any atom is 0.313 e. The molecule has 0 saturated carbocycles. The third kappa shape index (κ3) is 4.86. The SMILES string of the molecule is CC[C@@H](CO)NC(=O)C(=O)Nc1ccccc1C(C)(C)C. The molecule has 1 aromatic carbocycles. The van der Waals surface area contributed by atoms with Gasteiger partial charge in [0, 0.05) is 5.69 Å². The summed E-state index contributed by atoms with van der Waals surface area (Å²) in [6, 6.07) is 7.01. The lowest BCUT2D eigenvalue weighted by molar-refractivity contribution is -0.136. The maximum atomic E-state index is 12.0. The van der Waals surface area contributed by atoms with E-state index in [-0.39, 0.29) is 12.0 Å². The highest BCUT2D eigenvalue weighted by atomic mass is 16.3. The Morgan fingerprint density at radius 2 is 1.81 bits per heavy atom. The third-order valence-corrected chi connectivity index (χ3v) is 3.24. The molecule has 116 valence electrons. The Labute approximate surface area is 125 Å². The molecular formula is C16H24N2O3. The number of benzene rings is 1. The van der Waals surface area contributed by atoms with Crippen LogP contribution in [0, 0.1) is 0 Å². The molecule has 0 saturated heterocycles. The molecule has 21 heavy (non-hydrogen) atoms. The summed E-state index contributed by atoms with van der Waals surface area (Å²) in [5, 5.41) is 14.2. The van der Waals surface area contributed by atoms with Crippen molar-refractivity contribution in [2.75, 3.05) is 11.9 Å². The van der Waals surface area contributed by atoms with E-state index in [0.717, 1.165) is 5.56 Å². The molecule has 2 amide bonds. The van der Waals surface area contributed by atoms with Gasteiger partial charge in [0.2, 0.25) is 0 Å². The van der Waals surface area contributed by atoms with Crippen LogP contribution in [0.4, 0.5) is 5.69 Å². The molecule has 0 spiro atoms. The zero-order chi connectivity index (χ0) is 16.0. The van der Waals surface area contributed by atoms with Gasteiger partial charge in [0.25, 0.3) is 0 Å². The van der Waals surface area contributed by atoms with E-state index in [9.17, 15) is 9.59 Å². The molecule has 0 unspecified atom stereocenters. The van der Waals surface area contributed by atoms with Gasteiger partial charge in [0.15, 0.2) is 0 Å². The van der Waals surface area contributed by atoms with Crippen LogP contribution < -0.4 is 10.6 Å². The minimum atomic E-state index is -0.736. The van der Waals surface area contributed by atoms with Crippen LogP contribution >= 0.6 is 0 Å². The highest BCUT2D eigenvalue weighted by Gasteiger charge is 2.22. The fourth-order valence-corrected chi connectivity index (χ4v) is 1.95. The number of aliphatic hydroxyl groups is 1. The van der Waals surface area contributed by atoms with E-state index in [2.05, 4.69) is 10.6 Å². The van der Waals surface area contributed by atoms with Crippen LogP contribution in [0.15, 0.2) is 24.3 Å². The van der Waals surface area contributed by atoms with E-state index in [1.54, 1.807) is 6.07 Å². The number of para-hydroxylation sites is 1. The van der Waals surface area contributed by atoms with Crippen LogP contribution in [0.1, 0.15) is 39.7 Å². The number of aliphatic hydroxyl groups excluding tert-OH is 1. The smallest absolute Gasteiger partial charge is 0.313 e. The zero-order valence-corrected chi connectivity index (χ0v) is 13.1. The predicted octanol–water partition coefficient (Wildman–Crippen LogP) is 1.81. The largest absolute Gasteiger partial charge is 0.394 e. The molecule has 0 aliphatic rings. The van der Waals surface area contributed by atoms with Crippen molar-refractivity contribution in [2.45, 2.75) is 45.6 Å². The number of amides is 2. The van der Waals surface area contributed by atoms with Crippen molar-refractivity contribution in [2.24, 2.45) is 0 Å². The molecule has 0 aliphatic heterocycles. The van der Waals surface area contributed by atoms with Crippen LogP contribution in [0.2, 0.25) is 0 Å². The van der Waals surface area contributed by atoms with Crippen molar-refractivity contribution in [3.05, 3.63) is 29.8 Å². The number of rotatable bonds is 4. The summed E-state index contributed by atoms with van der Waals surface area (Å²) in [4.78, 5) is 23.8. The first-order valence-electron chi connectivity index (χ1n) is 7.11. The lowest BCUT2D eigenvalue weighted by Crippen LogP contribution is -2.43. The van der Waals surface area contributed by atoms with E-state index in [4.69, 9.17) is 5.11 Å².